The van der Waals surface area contributed by atoms with E-state index in [2.05, 4.69) is 73.6 Å². The van der Waals surface area contributed by atoms with Gasteiger partial charge >= 0.3 is 0 Å². The molecule has 33 heavy (non-hydrogen) atoms. The van der Waals surface area contributed by atoms with Crippen molar-refractivity contribution in [2.75, 3.05) is 36.0 Å². The normalized spacial score (nSPS) is 14.3. The van der Waals surface area contributed by atoms with Crippen LogP contribution in [0.15, 0.2) is 73.4 Å². The highest BCUT2D eigenvalue weighted by atomic mass is 15.5. The lowest BCUT2D eigenvalue weighted by molar-refractivity contribution is 0.598. The summed E-state index contributed by atoms with van der Waals surface area (Å²) in [7, 11) is 1.93. The molecule has 9 nitrogen and oxygen atoms in total. The number of piperazine rings is 1. The van der Waals surface area contributed by atoms with Crippen LogP contribution in [-0.4, -0.2) is 60.3 Å². The Balaban J connectivity index is 1.16. The minimum Gasteiger partial charge on any atom is -0.352 e. The highest BCUT2D eigenvalue weighted by Crippen LogP contribution is 2.23. The molecule has 1 fully saturated rings. The molecule has 0 atom stereocenters. The first-order chi connectivity index (χ1) is 16.2. The molecule has 9 heteroatoms. The Hall–Kier alpha value is -4.14. The second-order valence-corrected chi connectivity index (χ2v) is 8.37. The number of nitrogens with zero attached hydrogens (tertiary/aromatic N) is 9. The second-order valence-electron chi connectivity index (χ2n) is 8.37. The molecule has 0 bridgehead atoms. The van der Waals surface area contributed by atoms with E-state index in [4.69, 9.17) is 5.10 Å². The van der Waals surface area contributed by atoms with Crippen LogP contribution in [0.25, 0.3) is 16.6 Å². The van der Waals surface area contributed by atoms with Gasteiger partial charge in [0.05, 0.1) is 18.3 Å². The number of fused-ring (bicyclic) bond motifs is 1. The molecule has 1 aliphatic heterocycles. The topological polar surface area (TPSA) is 72.3 Å². The molecule has 1 aromatic carbocycles. The zero-order chi connectivity index (χ0) is 22.2. The van der Waals surface area contributed by atoms with Crippen molar-refractivity contribution in [1.29, 1.82) is 0 Å². The van der Waals surface area contributed by atoms with Crippen LogP contribution in [0.4, 0.5) is 11.8 Å². The summed E-state index contributed by atoms with van der Waals surface area (Å²) in [5.74, 6) is 1.93. The summed E-state index contributed by atoms with van der Waals surface area (Å²) in [5.41, 5.74) is 4.50. The van der Waals surface area contributed by atoms with E-state index in [1.807, 2.05) is 39.4 Å². The van der Waals surface area contributed by atoms with E-state index in [-0.39, 0.29) is 0 Å². The van der Waals surface area contributed by atoms with Crippen LogP contribution >= 0.6 is 0 Å². The van der Waals surface area contributed by atoms with Gasteiger partial charge in [-0.3, -0.25) is 4.68 Å². The van der Waals surface area contributed by atoms with E-state index in [0.29, 0.717) is 0 Å². The van der Waals surface area contributed by atoms with E-state index < -0.39 is 0 Å². The average Bonchev–Trinajstić information content (AvgIpc) is 3.59. The molecule has 4 aromatic heterocycles. The standard InChI is InChI=1S/C24H25N9/c1-29-16-21(14-26-29)20-7-8-22-13-23(28-32(22)17-20)30-9-11-31(12-10-30)24-25-18-27-33(24)15-19-5-3-2-4-6-19/h2-8,13-14,16-18H,9-12,15H2,1H3. The molecular formula is C24H25N9. The molecule has 0 aliphatic carbocycles. The maximum absolute atomic E-state index is 4.85. The Labute approximate surface area is 191 Å². The summed E-state index contributed by atoms with van der Waals surface area (Å²) >= 11 is 0. The Morgan fingerprint density at radius 2 is 1.67 bits per heavy atom. The predicted octanol–water partition coefficient (Wildman–Crippen LogP) is 2.70. The zero-order valence-electron chi connectivity index (χ0n) is 18.5. The van der Waals surface area contributed by atoms with Crippen LogP contribution in [0.2, 0.25) is 0 Å². The fourth-order valence-corrected chi connectivity index (χ4v) is 4.38. The average molecular weight is 440 g/mol. The monoisotopic (exact) mass is 439 g/mol. The number of rotatable bonds is 5. The van der Waals surface area contributed by atoms with Crippen molar-refractivity contribution < 1.29 is 0 Å². The van der Waals surface area contributed by atoms with Crippen molar-refractivity contribution in [1.82, 2.24) is 34.2 Å². The van der Waals surface area contributed by atoms with Gasteiger partial charge in [-0.05, 0) is 11.6 Å². The molecule has 166 valence electrons. The Morgan fingerprint density at radius 3 is 2.45 bits per heavy atom. The quantitative estimate of drug-likeness (QED) is 0.419. The Bertz CT molecular complexity index is 1370. The molecule has 0 unspecified atom stereocenters. The summed E-state index contributed by atoms with van der Waals surface area (Å²) in [4.78, 5) is 9.19. The molecule has 5 aromatic rings. The van der Waals surface area contributed by atoms with Gasteiger partial charge in [0.25, 0.3) is 0 Å². The molecule has 1 aliphatic rings. The lowest BCUT2D eigenvalue weighted by Gasteiger charge is -2.35. The van der Waals surface area contributed by atoms with Gasteiger partial charge in [0.15, 0.2) is 5.82 Å². The van der Waals surface area contributed by atoms with Gasteiger partial charge in [0, 0.05) is 62.8 Å². The highest BCUT2D eigenvalue weighted by molar-refractivity contribution is 5.66. The van der Waals surface area contributed by atoms with Crippen molar-refractivity contribution in [3.8, 4) is 11.1 Å². The Morgan fingerprint density at radius 1 is 0.848 bits per heavy atom. The number of aryl methyl sites for hydroxylation is 1. The predicted molar refractivity (Wildman–Crippen MR) is 127 cm³/mol. The fraction of sp³-hybridized carbons (Fsp3) is 0.250. The van der Waals surface area contributed by atoms with Gasteiger partial charge in [-0.25, -0.2) is 9.20 Å². The number of hydrogen-bond donors (Lipinski definition) is 0. The summed E-state index contributed by atoms with van der Waals surface area (Å²) in [5, 5.41) is 13.6. The van der Waals surface area contributed by atoms with Gasteiger partial charge in [0.1, 0.15) is 6.33 Å². The lowest BCUT2D eigenvalue weighted by atomic mass is 10.1. The summed E-state index contributed by atoms with van der Waals surface area (Å²) in [6, 6.07) is 16.8. The lowest BCUT2D eigenvalue weighted by Crippen LogP contribution is -2.47. The molecule has 0 amide bonds. The van der Waals surface area contributed by atoms with Gasteiger partial charge in [-0.2, -0.15) is 20.3 Å². The van der Waals surface area contributed by atoms with Gasteiger partial charge in [-0.15, -0.1) is 0 Å². The van der Waals surface area contributed by atoms with Crippen molar-refractivity contribution in [3.63, 3.8) is 0 Å². The summed E-state index contributed by atoms with van der Waals surface area (Å²) < 4.78 is 5.75. The van der Waals surface area contributed by atoms with Crippen molar-refractivity contribution in [2.45, 2.75) is 6.54 Å². The maximum Gasteiger partial charge on any atom is 0.224 e. The molecular weight excluding hydrogens is 414 g/mol. The minimum atomic E-state index is 0.724. The van der Waals surface area contributed by atoms with E-state index in [1.54, 1.807) is 6.33 Å². The van der Waals surface area contributed by atoms with Gasteiger partial charge in [-0.1, -0.05) is 36.4 Å². The Kier molecular flexibility index (Phi) is 4.79. The number of aromatic nitrogens is 7. The van der Waals surface area contributed by atoms with E-state index >= 15 is 0 Å². The van der Waals surface area contributed by atoms with Crippen molar-refractivity contribution in [3.05, 3.63) is 79.0 Å². The van der Waals surface area contributed by atoms with Crippen molar-refractivity contribution in [2.24, 2.45) is 7.05 Å². The van der Waals surface area contributed by atoms with Crippen LogP contribution in [0, 0.1) is 0 Å². The third kappa shape index (κ3) is 3.82. The molecule has 0 saturated carbocycles. The second kappa shape index (κ2) is 8.09. The molecule has 0 N–H and O–H groups in total. The van der Waals surface area contributed by atoms with Crippen molar-refractivity contribution >= 4 is 17.3 Å². The van der Waals surface area contributed by atoms with Crippen LogP contribution in [0.3, 0.4) is 0 Å². The highest BCUT2D eigenvalue weighted by Gasteiger charge is 2.22. The third-order valence-electron chi connectivity index (χ3n) is 6.14. The first-order valence-corrected chi connectivity index (χ1v) is 11.1. The largest absolute Gasteiger partial charge is 0.352 e. The third-order valence-corrected chi connectivity index (χ3v) is 6.14. The summed E-state index contributed by atoms with van der Waals surface area (Å²) in [6.45, 7) is 4.25. The first kappa shape index (κ1) is 19.5. The molecule has 0 spiro atoms. The van der Waals surface area contributed by atoms with Crippen LogP contribution < -0.4 is 9.80 Å². The van der Waals surface area contributed by atoms with Crippen LogP contribution in [0.1, 0.15) is 5.56 Å². The fourth-order valence-electron chi connectivity index (χ4n) is 4.38. The molecule has 1 saturated heterocycles. The van der Waals surface area contributed by atoms with Crippen LogP contribution in [0.5, 0.6) is 0 Å². The van der Waals surface area contributed by atoms with Gasteiger partial charge < -0.3 is 9.80 Å². The van der Waals surface area contributed by atoms with Crippen LogP contribution in [-0.2, 0) is 13.6 Å². The van der Waals surface area contributed by atoms with E-state index in [1.165, 1.54) is 5.56 Å². The SMILES string of the molecule is Cn1cc(-c2ccc3cc(N4CCN(c5ncnn5Cc5ccccc5)CC4)nn3c2)cn1. The zero-order valence-corrected chi connectivity index (χ0v) is 18.5. The smallest absolute Gasteiger partial charge is 0.224 e. The van der Waals surface area contributed by atoms with Gasteiger partial charge in [0.2, 0.25) is 5.95 Å². The number of anilines is 2. The maximum atomic E-state index is 4.85. The summed E-state index contributed by atoms with van der Waals surface area (Å²) in [6.07, 6.45) is 7.60. The number of hydrogen-bond acceptors (Lipinski definition) is 6. The van der Waals surface area contributed by atoms with E-state index in [0.717, 1.165) is 61.1 Å². The van der Waals surface area contributed by atoms with E-state index in [9.17, 15) is 0 Å². The molecule has 0 radical (unpaired) electrons. The first-order valence-electron chi connectivity index (χ1n) is 11.1. The molecule has 6 rings (SSSR count). The number of benzene rings is 1. The number of pyridine rings is 1. The molecule has 5 heterocycles. The minimum absolute atomic E-state index is 0.724.